The standard InChI is InChI=1S/C10H11Cl2NO4S/c11-8-4-3-7(6-9(8)12)18(16,17)13-5-1-2-10(14)15/h3-4,6,13H,1-2,5H2,(H,14,15)/p-1. The molecule has 0 radical (unpaired) electrons. The fourth-order valence-electron chi connectivity index (χ4n) is 1.17. The van der Waals surface area contributed by atoms with Crippen molar-refractivity contribution < 1.29 is 18.3 Å². The van der Waals surface area contributed by atoms with Crippen molar-refractivity contribution in [1.29, 1.82) is 0 Å². The van der Waals surface area contributed by atoms with Crippen LogP contribution in [0, 0.1) is 0 Å². The zero-order chi connectivity index (χ0) is 13.8. The van der Waals surface area contributed by atoms with Crippen molar-refractivity contribution in [2.24, 2.45) is 0 Å². The van der Waals surface area contributed by atoms with Gasteiger partial charge < -0.3 is 9.90 Å². The SMILES string of the molecule is O=C([O-])CCCNS(=O)(=O)c1ccc(Cl)c(Cl)c1. The summed E-state index contributed by atoms with van der Waals surface area (Å²) < 4.78 is 25.8. The summed E-state index contributed by atoms with van der Waals surface area (Å²) in [6.07, 6.45) is -0.0488. The molecule has 0 saturated heterocycles. The van der Waals surface area contributed by atoms with E-state index >= 15 is 0 Å². The van der Waals surface area contributed by atoms with Crippen molar-refractivity contribution in [3.05, 3.63) is 28.2 Å². The number of hydrogen-bond acceptors (Lipinski definition) is 4. The van der Waals surface area contributed by atoms with E-state index in [2.05, 4.69) is 4.72 Å². The Labute approximate surface area is 115 Å². The summed E-state index contributed by atoms with van der Waals surface area (Å²) in [5, 5.41) is 10.5. The predicted octanol–water partition coefficient (Wildman–Crippen LogP) is 0.802. The molecule has 0 bridgehead atoms. The molecule has 1 aromatic rings. The van der Waals surface area contributed by atoms with E-state index in [0.29, 0.717) is 0 Å². The number of halogens is 2. The average molecular weight is 311 g/mol. The van der Waals surface area contributed by atoms with E-state index < -0.39 is 16.0 Å². The molecule has 0 saturated carbocycles. The van der Waals surface area contributed by atoms with Crippen LogP contribution in [0.1, 0.15) is 12.8 Å². The Morgan fingerprint density at radius 2 is 1.94 bits per heavy atom. The highest BCUT2D eigenvalue weighted by atomic mass is 35.5. The van der Waals surface area contributed by atoms with Crippen molar-refractivity contribution in [3.63, 3.8) is 0 Å². The maximum Gasteiger partial charge on any atom is 0.240 e. The van der Waals surface area contributed by atoms with Crippen molar-refractivity contribution in [3.8, 4) is 0 Å². The van der Waals surface area contributed by atoms with E-state index in [4.69, 9.17) is 23.2 Å². The van der Waals surface area contributed by atoms with Crippen LogP contribution in [0.3, 0.4) is 0 Å². The van der Waals surface area contributed by atoms with Gasteiger partial charge in [-0.05, 0) is 31.0 Å². The Balaban J connectivity index is 2.68. The summed E-state index contributed by atoms with van der Waals surface area (Å²) in [5.74, 6) is -1.22. The van der Waals surface area contributed by atoms with E-state index in [1.54, 1.807) is 0 Å². The van der Waals surface area contributed by atoms with Crippen LogP contribution in [-0.4, -0.2) is 20.9 Å². The van der Waals surface area contributed by atoms with Gasteiger partial charge in [0.15, 0.2) is 0 Å². The van der Waals surface area contributed by atoms with Gasteiger partial charge in [0.25, 0.3) is 0 Å². The van der Waals surface area contributed by atoms with Crippen LogP contribution in [0.25, 0.3) is 0 Å². The lowest BCUT2D eigenvalue weighted by Crippen LogP contribution is -2.27. The van der Waals surface area contributed by atoms with Crippen LogP contribution in [0.5, 0.6) is 0 Å². The van der Waals surface area contributed by atoms with E-state index in [1.165, 1.54) is 18.2 Å². The Kier molecular flexibility index (Phi) is 5.40. The Hall–Kier alpha value is -0.820. The van der Waals surface area contributed by atoms with Gasteiger partial charge in [-0.25, -0.2) is 13.1 Å². The van der Waals surface area contributed by atoms with Crippen molar-refractivity contribution in [1.82, 2.24) is 4.72 Å². The normalized spacial score (nSPS) is 11.4. The zero-order valence-corrected chi connectivity index (χ0v) is 11.5. The first-order valence-corrected chi connectivity index (χ1v) is 7.21. The quantitative estimate of drug-likeness (QED) is 0.787. The van der Waals surface area contributed by atoms with Gasteiger partial charge in [-0.1, -0.05) is 23.2 Å². The van der Waals surface area contributed by atoms with Crippen LogP contribution in [0.4, 0.5) is 0 Å². The van der Waals surface area contributed by atoms with Gasteiger partial charge in [0.05, 0.1) is 14.9 Å². The number of carboxylic acids is 1. The van der Waals surface area contributed by atoms with Gasteiger partial charge in [-0.2, -0.15) is 0 Å². The molecule has 0 aliphatic heterocycles. The Bertz CT molecular complexity index is 545. The lowest BCUT2D eigenvalue weighted by Gasteiger charge is -2.07. The van der Waals surface area contributed by atoms with Crippen LogP contribution in [0.15, 0.2) is 23.1 Å². The third-order valence-electron chi connectivity index (χ3n) is 2.05. The maximum atomic E-state index is 11.8. The molecule has 5 nitrogen and oxygen atoms in total. The van der Waals surface area contributed by atoms with Crippen LogP contribution < -0.4 is 9.83 Å². The summed E-state index contributed by atoms with van der Waals surface area (Å²) >= 11 is 11.4. The first-order chi connectivity index (χ1) is 8.33. The van der Waals surface area contributed by atoms with Gasteiger partial charge in [0, 0.05) is 12.5 Å². The second kappa shape index (κ2) is 6.38. The molecule has 18 heavy (non-hydrogen) atoms. The minimum Gasteiger partial charge on any atom is -0.550 e. The van der Waals surface area contributed by atoms with Crippen molar-refractivity contribution in [2.45, 2.75) is 17.7 Å². The van der Waals surface area contributed by atoms with Gasteiger partial charge in [0.1, 0.15) is 0 Å². The molecule has 0 unspecified atom stereocenters. The summed E-state index contributed by atoms with van der Waals surface area (Å²) in [6, 6.07) is 3.92. The maximum absolute atomic E-state index is 11.8. The number of hydrogen-bond donors (Lipinski definition) is 1. The number of carbonyl (C=O) groups excluding carboxylic acids is 1. The number of carbonyl (C=O) groups is 1. The molecule has 0 spiro atoms. The molecule has 1 rings (SSSR count). The molecule has 0 aliphatic carbocycles. The second-order valence-electron chi connectivity index (χ2n) is 3.45. The highest BCUT2D eigenvalue weighted by molar-refractivity contribution is 7.89. The number of sulfonamides is 1. The molecular formula is C10H10Cl2NO4S-. The smallest absolute Gasteiger partial charge is 0.240 e. The molecule has 0 heterocycles. The van der Waals surface area contributed by atoms with E-state index in [9.17, 15) is 18.3 Å². The molecular weight excluding hydrogens is 301 g/mol. The number of rotatable bonds is 6. The molecule has 100 valence electrons. The summed E-state index contributed by atoms with van der Waals surface area (Å²) in [7, 11) is -3.70. The van der Waals surface area contributed by atoms with Crippen LogP contribution in [-0.2, 0) is 14.8 Å². The average Bonchev–Trinajstić information content (AvgIpc) is 2.28. The summed E-state index contributed by atoms with van der Waals surface area (Å²) in [5.41, 5.74) is 0. The summed E-state index contributed by atoms with van der Waals surface area (Å²) in [6.45, 7) is 0.0105. The first-order valence-electron chi connectivity index (χ1n) is 4.97. The summed E-state index contributed by atoms with van der Waals surface area (Å²) in [4.78, 5) is 10.1. The molecule has 0 amide bonds. The molecule has 0 aliphatic rings. The first kappa shape index (κ1) is 15.2. The third-order valence-corrected chi connectivity index (χ3v) is 4.25. The molecule has 1 aromatic carbocycles. The van der Waals surface area contributed by atoms with E-state index in [-0.39, 0.29) is 34.3 Å². The minimum atomic E-state index is -3.70. The fraction of sp³-hybridized carbons (Fsp3) is 0.300. The zero-order valence-electron chi connectivity index (χ0n) is 9.15. The van der Waals surface area contributed by atoms with Gasteiger partial charge in [-0.15, -0.1) is 0 Å². The highest BCUT2D eigenvalue weighted by Crippen LogP contribution is 2.24. The van der Waals surface area contributed by atoms with Crippen molar-refractivity contribution in [2.75, 3.05) is 6.54 Å². The third kappa shape index (κ3) is 4.45. The number of carboxylic acid groups (broad SMARTS) is 1. The minimum absolute atomic E-state index is 0.0105. The van der Waals surface area contributed by atoms with Gasteiger partial charge >= 0.3 is 0 Å². The largest absolute Gasteiger partial charge is 0.550 e. The molecule has 0 aromatic heterocycles. The molecule has 0 fully saturated rings. The number of nitrogens with one attached hydrogen (secondary N) is 1. The lowest BCUT2D eigenvalue weighted by molar-refractivity contribution is -0.305. The second-order valence-corrected chi connectivity index (χ2v) is 6.03. The monoisotopic (exact) mass is 310 g/mol. The van der Waals surface area contributed by atoms with E-state index in [0.717, 1.165) is 0 Å². The van der Waals surface area contributed by atoms with Gasteiger partial charge in [-0.3, -0.25) is 0 Å². The predicted molar refractivity (Wildman–Crippen MR) is 65.9 cm³/mol. The van der Waals surface area contributed by atoms with Crippen LogP contribution in [0.2, 0.25) is 10.0 Å². The Morgan fingerprint density at radius 1 is 1.28 bits per heavy atom. The molecule has 0 atom stereocenters. The molecule has 1 N–H and O–H groups in total. The lowest BCUT2D eigenvalue weighted by atomic mass is 10.3. The molecule has 8 heteroatoms. The highest BCUT2D eigenvalue weighted by Gasteiger charge is 2.14. The number of aliphatic carboxylic acids is 1. The fourth-order valence-corrected chi connectivity index (χ4v) is 2.63. The Morgan fingerprint density at radius 3 is 2.50 bits per heavy atom. The number of benzene rings is 1. The van der Waals surface area contributed by atoms with Crippen LogP contribution >= 0.6 is 23.2 Å². The van der Waals surface area contributed by atoms with Crippen molar-refractivity contribution >= 4 is 39.2 Å². The topological polar surface area (TPSA) is 86.3 Å². The van der Waals surface area contributed by atoms with E-state index in [1.807, 2.05) is 0 Å². The van der Waals surface area contributed by atoms with Gasteiger partial charge in [0.2, 0.25) is 10.0 Å².